The van der Waals surface area contributed by atoms with Gasteiger partial charge in [-0.2, -0.15) is 5.10 Å². The van der Waals surface area contributed by atoms with Crippen molar-refractivity contribution in [3.8, 4) is 11.1 Å². The third-order valence-corrected chi connectivity index (χ3v) is 5.07. The summed E-state index contributed by atoms with van der Waals surface area (Å²) in [6.45, 7) is 0. The number of aromatic nitrogens is 3. The minimum atomic E-state index is -0.0922. The number of carbonyl (C=O) groups is 1. The van der Waals surface area contributed by atoms with E-state index in [0.717, 1.165) is 39.0 Å². The van der Waals surface area contributed by atoms with E-state index >= 15 is 0 Å². The van der Waals surface area contributed by atoms with Gasteiger partial charge in [-0.15, -0.1) is 5.10 Å². The Morgan fingerprint density at radius 3 is 2.70 bits per heavy atom. The van der Waals surface area contributed by atoms with Crippen LogP contribution in [0.5, 0.6) is 0 Å². The third-order valence-electron chi connectivity index (χ3n) is 5.07. The Kier molecular flexibility index (Phi) is 3.43. The highest BCUT2D eigenvalue weighted by atomic mass is 16.1. The van der Waals surface area contributed by atoms with Gasteiger partial charge in [0.2, 0.25) is 0 Å². The predicted molar refractivity (Wildman–Crippen MR) is 105 cm³/mol. The number of fused-ring (bicyclic) bond motifs is 2. The SMILES string of the molecule is CNC(=O)c1ccc(C2Nc3ccccc3-c3cnnc4[nH]cc2c34)cc1. The lowest BCUT2D eigenvalue weighted by molar-refractivity contribution is 0.0963. The molecule has 1 atom stereocenters. The number of hydrogen-bond donors (Lipinski definition) is 3. The van der Waals surface area contributed by atoms with Crippen molar-refractivity contribution in [1.82, 2.24) is 20.5 Å². The highest BCUT2D eigenvalue weighted by Gasteiger charge is 2.26. The van der Waals surface area contributed by atoms with Crippen molar-refractivity contribution in [3.63, 3.8) is 0 Å². The summed E-state index contributed by atoms with van der Waals surface area (Å²) >= 11 is 0. The molecule has 0 radical (unpaired) electrons. The molecular weight excluding hydrogens is 338 g/mol. The van der Waals surface area contributed by atoms with Crippen molar-refractivity contribution in [3.05, 3.63) is 77.6 Å². The van der Waals surface area contributed by atoms with E-state index in [1.54, 1.807) is 7.05 Å². The van der Waals surface area contributed by atoms with Crippen LogP contribution in [0.15, 0.2) is 60.9 Å². The molecule has 27 heavy (non-hydrogen) atoms. The van der Waals surface area contributed by atoms with Crippen molar-refractivity contribution >= 4 is 22.6 Å². The quantitative estimate of drug-likeness (QED) is 0.514. The standard InChI is InChI=1S/C21H17N5O/c1-22-21(27)13-8-6-12(7-9-13)19-16-10-23-20-18(16)15(11-24-26-20)14-4-2-3-5-17(14)25-19/h2-11,19,25H,1H3,(H,22,27)(H,23,26). The fourth-order valence-electron chi connectivity index (χ4n) is 3.74. The van der Waals surface area contributed by atoms with Gasteiger partial charge in [0.25, 0.3) is 5.91 Å². The molecule has 1 aliphatic heterocycles. The summed E-state index contributed by atoms with van der Waals surface area (Å²) in [5.41, 5.74) is 6.80. The Bertz CT molecular complexity index is 1160. The summed E-state index contributed by atoms with van der Waals surface area (Å²) in [7, 11) is 1.63. The number of carbonyl (C=O) groups excluding carboxylic acids is 1. The van der Waals surface area contributed by atoms with Crippen molar-refractivity contribution in [2.24, 2.45) is 0 Å². The predicted octanol–water partition coefficient (Wildman–Crippen LogP) is 3.50. The third kappa shape index (κ3) is 2.38. The fraction of sp³-hybridized carbons (Fsp3) is 0.0952. The molecule has 1 aliphatic rings. The van der Waals surface area contributed by atoms with Gasteiger partial charge in [-0.25, -0.2) is 0 Å². The fourth-order valence-corrected chi connectivity index (χ4v) is 3.74. The zero-order valence-corrected chi connectivity index (χ0v) is 14.7. The number of H-pyrrole nitrogens is 1. The van der Waals surface area contributed by atoms with Crippen molar-refractivity contribution in [2.45, 2.75) is 6.04 Å². The van der Waals surface area contributed by atoms with Crippen LogP contribution in [0.3, 0.4) is 0 Å². The van der Waals surface area contributed by atoms with Gasteiger partial charge >= 0.3 is 0 Å². The molecule has 1 amide bonds. The number of rotatable bonds is 2. The van der Waals surface area contributed by atoms with Crippen LogP contribution in [0.25, 0.3) is 22.2 Å². The van der Waals surface area contributed by atoms with E-state index in [0.29, 0.717) is 5.56 Å². The van der Waals surface area contributed by atoms with E-state index < -0.39 is 0 Å². The molecule has 2 aromatic carbocycles. The molecule has 0 bridgehead atoms. The minimum absolute atomic E-state index is 0.0657. The van der Waals surface area contributed by atoms with Gasteiger partial charge in [0.05, 0.1) is 12.2 Å². The molecule has 5 rings (SSSR count). The summed E-state index contributed by atoms with van der Waals surface area (Å²) in [4.78, 5) is 15.1. The molecule has 1 unspecified atom stereocenters. The summed E-state index contributed by atoms with van der Waals surface area (Å²) in [6.07, 6.45) is 3.80. The molecule has 6 nitrogen and oxygen atoms in total. The second-order valence-electron chi connectivity index (χ2n) is 6.55. The molecular formula is C21H17N5O. The van der Waals surface area contributed by atoms with Crippen LogP contribution in [0.1, 0.15) is 27.5 Å². The van der Waals surface area contributed by atoms with Crippen LogP contribution in [0.4, 0.5) is 5.69 Å². The molecule has 4 aromatic rings. The number of hydrogen-bond acceptors (Lipinski definition) is 4. The molecule has 0 saturated heterocycles. The molecule has 0 saturated carbocycles. The summed E-state index contributed by atoms with van der Waals surface area (Å²) < 4.78 is 0. The van der Waals surface area contributed by atoms with Crippen LogP contribution < -0.4 is 10.6 Å². The first kappa shape index (κ1) is 15.6. The van der Waals surface area contributed by atoms with Gasteiger partial charge in [0.1, 0.15) is 0 Å². The maximum Gasteiger partial charge on any atom is 0.251 e. The smallest absolute Gasteiger partial charge is 0.251 e. The molecule has 2 aromatic heterocycles. The van der Waals surface area contributed by atoms with Crippen molar-refractivity contribution in [1.29, 1.82) is 0 Å². The van der Waals surface area contributed by atoms with Crippen LogP contribution in [0, 0.1) is 0 Å². The Morgan fingerprint density at radius 2 is 1.89 bits per heavy atom. The first-order chi connectivity index (χ1) is 13.3. The van der Waals surface area contributed by atoms with Gasteiger partial charge in [0, 0.05) is 46.6 Å². The molecule has 0 fully saturated rings. The van der Waals surface area contributed by atoms with E-state index in [2.05, 4.69) is 37.9 Å². The van der Waals surface area contributed by atoms with Crippen molar-refractivity contribution in [2.75, 3.05) is 12.4 Å². The van der Waals surface area contributed by atoms with E-state index in [9.17, 15) is 4.79 Å². The first-order valence-corrected chi connectivity index (χ1v) is 8.77. The largest absolute Gasteiger partial charge is 0.374 e. The average molecular weight is 355 g/mol. The van der Waals surface area contributed by atoms with Crippen molar-refractivity contribution < 1.29 is 4.79 Å². The number of para-hydroxylation sites is 1. The monoisotopic (exact) mass is 355 g/mol. The maximum absolute atomic E-state index is 11.8. The zero-order chi connectivity index (χ0) is 18.4. The van der Waals surface area contributed by atoms with E-state index in [-0.39, 0.29) is 11.9 Å². The van der Waals surface area contributed by atoms with Crippen LogP contribution in [0.2, 0.25) is 0 Å². The molecule has 6 heteroatoms. The Morgan fingerprint density at radius 1 is 1.07 bits per heavy atom. The first-order valence-electron chi connectivity index (χ1n) is 8.77. The lowest BCUT2D eigenvalue weighted by Gasteiger charge is -2.19. The Hall–Kier alpha value is -3.67. The normalized spacial score (nSPS) is 14.9. The summed E-state index contributed by atoms with van der Waals surface area (Å²) in [5.74, 6) is -0.0922. The van der Waals surface area contributed by atoms with Crippen LogP contribution in [-0.4, -0.2) is 28.1 Å². The van der Waals surface area contributed by atoms with Crippen LogP contribution >= 0.6 is 0 Å². The van der Waals surface area contributed by atoms with Gasteiger partial charge < -0.3 is 15.6 Å². The Balaban J connectivity index is 1.71. The van der Waals surface area contributed by atoms with E-state index in [1.807, 2.05) is 48.8 Å². The number of anilines is 1. The lowest BCUT2D eigenvalue weighted by Crippen LogP contribution is -2.18. The van der Waals surface area contributed by atoms with Gasteiger partial charge in [0.15, 0.2) is 5.65 Å². The minimum Gasteiger partial charge on any atom is -0.374 e. The molecule has 132 valence electrons. The number of nitrogens with zero attached hydrogens (tertiary/aromatic N) is 2. The number of amides is 1. The second-order valence-corrected chi connectivity index (χ2v) is 6.55. The molecule has 0 aliphatic carbocycles. The van der Waals surface area contributed by atoms with Gasteiger partial charge in [-0.1, -0.05) is 30.3 Å². The maximum atomic E-state index is 11.8. The van der Waals surface area contributed by atoms with Gasteiger partial charge in [-0.3, -0.25) is 4.79 Å². The number of aromatic amines is 1. The molecule has 0 spiro atoms. The average Bonchev–Trinajstić information content (AvgIpc) is 3.09. The Labute approximate surface area is 155 Å². The highest BCUT2D eigenvalue weighted by molar-refractivity contribution is 6.00. The van der Waals surface area contributed by atoms with E-state index in [1.165, 1.54) is 0 Å². The molecule has 3 N–H and O–H groups in total. The summed E-state index contributed by atoms with van der Waals surface area (Å²) in [6, 6.07) is 15.8. The second kappa shape index (κ2) is 5.95. The van der Waals surface area contributed by atoms with E-state index in [4.69, 9.17) is 0 Å². The van der Waals surface area contributed by atoms with Crippen LogP contribution in [-0.2, 0) is 0 Å². The lowest BCUT2D eigenvalue weighted by atomic mass is 9.97. The van der Waals surface area contributed by atoms with Gasteiger partial charge in [-0.05, 0) is 23.8 Å². The highest BCUT2D eigenvalue weighted by Crippen LogP contribution is 2.42. The zero-order valence-electron chi connectivity index (χ0n) is 14.7. The summed E-state index contributed by atoms with van der Waals surface area (Å²) in [5, 5.41) is 15.8. The molecule has 3 heterocycles. The number of benzene rings is 2. The topological polar surface area (TPSA) is 82.7 Å². The number of nitrogens with one attached hydrogen (secondary N) is 3.